The van der Waals surface area contributed by atoms with Crippen molar-refractivity contribution in [3.8, 4) is 5.75 Å². The Kier molecular flexibility index (Phi) is 5.02. The molecule has 0 amide bonds. The van der Waals surface area contributed by atoms with Crippen LogP contribution in [-0.4, -0.2) is 25.3 Å². The molecule has 0 aliphatic carbocycles. The second-order valence-electron chi connectivity index (χ2n) is 4.54. The van der Waals surface area contributed by atoms with Gasteiger partial charge in [-0.3, -0.25) is 0 Å². The summed E-state index contributed by atoms with van der Waals surface area (Å²) < 4.78 is 5.76. The van der Waals surface area contributed by atoms with Crippen molar-refractivity contribution in [2.75, 3.05) is 14.1 Å². The third-order valence-electron chi connectivity index (χ3n) is 2.65. The minimum atomic E-state index is 0.452. The van der Waals surface area contributed by atoms with Crippen LogP contribution in [0.3, 0.4) is 0 Å². The van der Waals surface area contributed by atoms with Crippen molar-refractivity contribution in [2.45, 2.75) is 6.61 Å². The van der Waals surface area contributed by atoms with Gasteiger partial charge >= 0.3 is 0 Å². The summed E-state index contributed by atoms with van der Waals surface area (Å²) in [5.74, 6) is 0.799. The molecule has 0 N–H and O–H groups in total. The van der Waals surface area contributed by atoms with Crippen LogP contribution in [0.2, 0.25) is 5.02 Å². The molecule has 2 aromatic carbocycles. The van der Waals surface area contributed by atoms with Crippen LogP contribution in [0.25, 0.3) is 0 Å². The molecule has 0 saturated carbocycles. The topological polar surface area (TPSA) is 24.8 Å². The summed E-state index contributed by atoms with van der Waals surface area (Å²) in [5, 5.41) is 6.67. The molecular weight excluding hydrogens is 272 g/mol. The van der Waals surface area contributed by atoms with Gasteiger partial charge in [0.15, 0.2) is 0 Å². The summed E-state index contributed by atoms with van der Waals surface area (Å²) in [6.45, 7) is 0.452. The molecule has 0 aliphatic heterocycles. The summed E-state index contributed by atoms with van der Waals surface area (Å²) in [7, 11) is 3.77. The van der Waals surface area contributed by atoms with Crippen molar-refractivity contribution < 1.29 is 4.74 Å². The van der Waals surface area contributed by atoms with E-state index in [0.717, 1.165) is 21.9 Å². The smallest absolute Gasteiger partial charge is 0.120 e. The maximum atomic E-state index is 6.10. The lowest BCUT2D eigenvalue weighted by Gasteiger charge is -2.08. The maximum Gasteiger partial charge on any atom is 0.120 e. The van der Waals surface area contributed by atoms with Gasteiger partial charge in [0.1, 0.15) is 12.4 Å². The van der Waals surface area contributed by atoms with Crippen LogP contribution in [0.15, 0.2) is 53.6 Å². The number of hydrogen-bond acceptors (Lipinski definition) is 3. The molecule has 0 fully saturated rings. The Hall–Kier alpha value is -2.00. The number of hydrazone groups is 1. The number of nitrogens with zero attached hydrogens (tertiary/aromatic N) is 2. The minimum absolute atomic E-state index is 0.452. The normalized spacial score (nSPS) is 10.8. The van der Waals surface area contributed by atoms with Gasteiger partial charge in [-0.1, -0.05) is 41.9 Å². The van der Waals surface area contributed by atoms with E-state index in [9.17, 15) is 0 Å². The van der Waals surface area contributed by atoms with Crippen molar-refractivity contribution in [2.24, 2.45) is 5.10 Å². The van der Waals surface area contributed by atoms with Crippen LogP contribution in [0.5, 0.6) is 5.75 Å². The van der Waals surface area contributed by atoms with Gasteiger partial charge in [-0.2, -0.15) is 5.10 Å². The zero-order chi connectivity index (χ0) is 14.4. The van der Waals surface area contributed by atoms with Crippen LogP contribution >= 0.6 is 11.6 Å². The molecule has 0 saturated heterocycles. The summed E-state index contributed by atoms with van der Waals surface area (Å²) >= 11 is 6.10. The molecule has 0 spiro atoms. The van der Waals surface area contributed by atoms with Gasteiger partial charge < -0.3 is 9.75 Å². The molecule has 2 aromatic rings. The molecule has 0 unspecified atom stereocenters. The molecule has 0 atom stereocenters. The first kappa shape index (κ1) is 14.4. The highest BCUT2D eigenvalue weighted by atomic mass is 35.5. The molecule has 0 aromatic heterocycles. The summed E-state index contributed by atoms with van der Waals surface area (Å²) in [6, 6.07) is 15.5. The number of hydrogen-bond donors (Lipinski definition) is 0. The van der Waals surface area contributed by atoms with Gasteiger partial charge in [0.05, 0.1) is 6.21 Å². The molecular formula is C16H17ClN2O. The molecule has 0 bridgehead atoms. The summed E-state index contributed by atoms with van der Waals surface area (Å²) in [5.41, 5.74) is 1.97. The molecule has 0 radical (unpaired) electrons. The van der Waals surface area contributed by atoms with Gasteiger partial charge in [-0.25, -0.2) is 0 Å². The van der Waals surface area contributed by atoms with E-state index >= 15 is 0 Å². The molecule has 0 heterocycles. The number of benzene rings is 2. The van der Waals surface area contributed by atoms with E-state index in [-0.39, 0.29) is 0 Å². The Bertz CT molecular complexity index is 597. The van der Waals surface area contributed by atoms with Crippen LogP contribution in [0.4, 0.5) is 0 Å². The van der Waals surface area contributed by atoms with Crippen LogP contribution in [0.1, 0.15) is 11.1 Å². The first-order valence-corrected chi connectivity index (χ1v) is 6.70. The largest absolute Gasteiger partial charge is 0.489 e. The lowest BCUT2D eigenvalue weighted by molar-refractivity contribution is 0.306. The predicted molar refractivity (Wildman–Crippen MR) is 83.5 cm³/mol. The molecule has 3 nitrogen and oxygen atoms in total. The van der Waals surface area contributed by atoms with Gasteiger partial charge in [-0.05, 0) is 23.8 Å². The van der Waals surface area contributed by atoms with E-state index in [0.29, 0.717) is 6.61 Å². The van der Waals surface area contributed by atoms with Crippen molar-refractivity contribution in [1.29, 1.82) is 0 Å². The third kappa shape index (κ3) is 4.28. The Labute approximate surface area is 124 Å². The standard InChI is InChI=1S/C16H17ClN2O/c1-19(2)18-11-13-6-5-8-15(10-13)20-12-14-7-3-4-9-16(14)17/h3-11H,12H2,1-2H3/b18-11+. The summed E-state index contributed by atoms with van der Waals surface area (Å²) in [4.78, 5) is 0. The van der Waals surface area contributed by atoms with E-state index in [4.69, 9.17) is 16.3 Å². The average Bonchev–Trinajstić information content (AvgIpc) is 2.45. The van der Waals surface area contributed by atoms with E-state index < -0.39 is 0 Å². The Morgan fingerprint density at radius 3 is 2.70 bits per heavy atom. The van der Waals surface area contributed by atoms with Gasteiger partial charge in [-0.15, -0.1) is 0 Å². The first-order chi connectivity index (χ1) is 9.65. The second-order valence-corrected chi connectivity index (χ2v) is 4.95. The lowest BCUT2D eigenvalue weighted by atomic mass is 10.2. The van der Waals surface area contributed by atoms with Crippen LogP contribution in [0, 0.1) is 0 Å². The zero-order valence-corrected chi connectivity index (χ0v) is 12.3. The highest BCUT2D eigenvalue weighted by Gasteiger charge is 2.01. The van der Waals surface area contributed by atoms with Crippen molar-refractivity contribution >= 4 is 17.8 Å². The predicted octanol–water partition coefficient (Wildman–Crippen LogP) is 3.81. The van der Waals surface area contributed by atoms with Crippen LogP contribution in [-0.2, 0) is 6.61 Å². The fourth-order valence-electron chi connectivity index (χ4n) is 1.64. The molecule has 0 aliphatic rings. The second kappa shape index (κ2) is 6.96. The SMILES string of the molecule is CN(C)/N=C/c1cccc(OCc2ccccc2Cl)c1. The molecule has 4 heteroatoms. The number of halogens is 1. The molecule has 20 heavy (non-hydrogen) atoms. The first-order valence-electron chi connectivity index (χ1n) is 6.33. The van der Waals surface area contributed by atoms with E-state index in [1.165, 1.54) is 0 Å². The average molecular weight is 289 g/mol. The Morgan fingerprint density at radius 1 is 1.15 bits per heavy atom. The van der Waals surface area contributed by atoms with Crippen molar-refractivity contribution in [1.82, 2.24) is 5.01 Å². The fourth-order valence-corrected chi connectivity index (χ4v) is 1.83. The van der Waals surface area contributed by atoms with Crippen molar-refractivity contribution in [3.63, 3.8) is 0 Å². The van der Waals surface area contributed by atoms with E-state index in [2.05, 4.69) is 5.10 Å². The molecule has 104 valence electrons. The summed E-state index contributed by atoms with van der Waals surface area (Å²) in [6.07, 6.45) is 1.79. The Morgan fingerprint density at radius 2 is 1.95 bits per heavy atom. The minimum Gasteiger partial charge on any atom is -0.489 e. The fraction of sp³-hybridized carbons (Fsp3) is 0.188. The third-order valence-corrected chi connectivity index (χ3v) is 3.02. The number of rotatable bonds is 5. The van der Waals surface area contributed by atoms with Crippen molar-refractivity contribution in [3.05, 3.63) is 64.7 Å². The maximum absolute atomic E-state index is 6.10. The lowest BCUT2D eigenvalue weighted by Crippen LogP contribution is -2.02. The monoisotopic (exact) mass is 288 g/mol. The number of ether oxygens (including phenoxy) is 1. The zero-order valence-electron chi connectivity index (χ0n) is 11.6. The molecule has 2 rings (SSSR count). The van der Waals surface area contributed by atoms with Crippen LogP contribution < -0.4 is 4.74 Å². The van der Waals surface area contributed by atoms with Gasteiger partial charge in [0, 0.05) is 24.7 Å². The van der Waals surface area contributed by atoms with E-state index in [1.54, 1.807) is 11.2 Å². The van der Waals surface area contributed by atoms with Gasteiger partial charge in [0.2, 0.25) is 0 Å². The quantitative estimate of drug-likeness (QED) is 0.617. The van der Waals surface area contributed by atoms with Gasteiger partial charge in [0.25, 0.3) is 0 Å². The highest BCUT2D eigenvalue weighted by molar-refractivity contribution is 6.31. The highest BCUT2D eigenvalue weighted by Crippen LogP contribution is 2.19. The van der Waals surface area contributed by atoms with E-state index in [1.807, 2.05) is 62.6 Å². The Balaban J connectivity index is 2.03.